The maximum atomic E-state index is 15.1. The van der Waals surface area contributed by atoms with E-state index in [1.54, 1.807) is 24.4 Å². The highest BCUT2D eigenvalue weighted by atomic mass is 32.2. The van der Waals surface area contributed by atoms with Gasteiger partial charge in [-0.3, -0.25) is 4.72 Å². The molecular weight excluding hydrogens is 552 g/mol. The van der Waals surface area contributed by atoms with E-state index in [0.717, 1.165) is 38.1 Å². The fourth-order valence-corrected chi connectivity index (χ4v) is 5.49. The zero-order chi connectivity index (χ0) is 28.8. The van der Waals surface area contributed by atoms with E-state index < -0.39 is 38.8 Å². The van der Waals surface area contributed by atoms with E-state index in [9.17, 15) is 12.8 Å². The number of ether oxygens (including phenoxy) is 1. The van der Waals surface area contributed by atoms with Crippen molar-refractivity contribution in [3.63, 3.8) is 0 Å². The average molecular weight is 578 g/mol. The molecule has 0 unspecified atom stereocenters. The average Bonchev–Trinajstić information content (AvgIpc) is 2.98. The lowest BCUT2D eigenvalue weighted by atomic mass is 10.1. The van der Waals surface area contributed by atoms with Gasteiger partial charge in [0, 0.05) is 25.0 Å². The first-order valence-electron chi connectivity index (χ1n) is 12.7. The predicted octanol–water partition coefficient (Wildman–Crippen LogP) is 4.59. The van der Waals surface area contributed by atoms with Crippen LogP contribution < -0.4 is 20.1 Å². The Morgan fingerprint density at radius 1 is 1.05 bits per heavy atom. The topological polar surface area (TPSA) is 142 Å². The van der Waals surface area contributed by atoms with Crippen molar-refractivity contribution < 1.29 is 21.9 Å². The first kappa shape index (κ1) is 27.9. The summed E-state index contributed by atoms with van der Waals surface area (Å²) in [4.78, 5) is 13.0. The Balaban J connectivity index is 1.33. The summed E-state index contributed by atoms with van der Waals surface area (Å²) in [7, 11) is -4.09. The molecule has 0 radical (unpaired) electrons. The maximum absolute atomic E-state index is 15.1. The van der Waals surface area contributed by atoms with E-state index in [0.29, 0.717) is 28.3 Å². The molecule has 1 aliphatic heterocycles. The molecule has 13 heteroatoms. The summed E-state index contributed by atoms with van der Waals surface area (Å²) in [5, 5.41) is 15.5. The molecule has 41 heavy (non-hydrogen) atoms. The summed E-state index contributed by atoms with van der Waals surface area (Å²) >= 11 is 0. The minimum atomic E-state index is -4.09. The lowest BCUT2D eigenvalue weighted by Crippen LogP contribution is -2.38. The van der Waals surface area contributed by atoms with Crippen molar-refractivity contribution in [3.8, 4) is 29.0 Å². The number of nitriles is 1. The van der Waals surface area contributed by atoms with Crippen LogP contribution in [0.4, 0.5) is 20.4 Å². The number of aromatic nitrogens is 3. The second-order valence-corrected chi connectivity index (χ2v) is 11.0. The predicted molar refractivity (Wildman–Crippen MR) is 149 cm³/mol. The summed E-state index contributed by atoms with van der Waals surface area (Å²) in [6.07, 6.45) is 5.04. The summed E-state index contributed by atoms with van der Waals surface area (Å²) < 4.78 is 62.9. The Morgan fingerprint density at radius 3 is 2.63 bits per heavy atom. The zero-order valence-electron chi connectivity index (χ0n) is 21.6. The van der Waals surface area contributed by atoms with Crippen LogP contribution in [0.5, 0.6) is 11.6 Å². The fourth-order valence-electron chi connectivity index (χ4n) is 4.30. The van der Waals surface area contributed by atoms with Gasteiger partial charge in [-0.1, -0.05) is 12.1 Å². The normalized spacial score (nSPS) is 15.1. The number of piperidine rings is 1. The monoisotopic (exact) mass is 577 g/mol. The number of hydrogen-bond donors (Lipinski definition) is 3. The molecule has 2 aromatic carbocycles. The van der Waals surface area contributed by atoms with E-state index in [4.69, 9.17) is 10.00 Å². The lowest BCUT2D eigenvalue weighted by Gasteiger charge is -2.23. The number of rotatable bonds is 9. The highest BCUT2D eigenvalue weighted by Crippen LogP contribution is 2.34. The summed E-state index contributed by atoms with van der Waals surface area (Å²) in [6, 6.07) is 15.2. The molecule has 0 aliphatic carbocycles. The third-order valence-corrected chi connectivity index (χ3v) is 7.54. The Labute approximate surface area is 235 Å². The van der Waals surface area contributed by atoms with Crippen molar-refractivity contribution in [1.29, 1.82) is 5.26 Å². The lowest BCUT2D eigenvalue weighted by molar-refractivity contribution is 0.407. The molecule has 210 valence electrons. The van der Waals surface area contributed by atoms with Crippen LogP contribution in [0.3, 0.4) is 0 Å². The van der Waals surface area contributed by atoms with Gasteiger partial charge >= 0.3 is 0 Å². The third kappa shape index (κ3) is 6.92. The highest BCUT2D eigenvalue weighted by molar-refractivity contribution is 7.91. The SMILES string of the molecule is N#Cc1ccc(CS(=O)(=O)Nc2ccc(Oc3ncccc3-c3ccnc(N[C@H]4CCCNC4)n3)c(F)c2F)cc1. The molecule has 3 N–H and O–H groups in total. The largest absolute Gasteiger partial charge is 0.435 e. The van der Waals surface area contributed by atoms with Crippen LogP contribution in [0.1, 0.15) is 24.0 Å². The Morgan fingerprint density at radius 2 is 1.88 bits per heavy atom. The van der Waals surface area contributed by atoms with Gasteiger partial charge in [-0.2, -0.15) is 9.65 Å². The molecule has 0 saturated carbocycles. The molecular formula is C28H25F2N7O3S. The van der Waals surface area contributed by atoms with Gasteiger partial charge in [-0.05, 0) is 67.4 Å². The van der Waals surface area contributed by atoms with Gasteiger partial charge in [0.1, 0.15) is 0 Å². The molecule has 1 aliphatic rings. The first-order valence-corrected chi connectivity index (χ1v) is 14.4. The summed E-state index contributed by atoms with van der Waals surface area (Å²) in [5.74, 6) is -3.42. The van der Waals surface area contributed by atoms with Crippen molar-refractivity contribution in [2.24, 2.45) is 0 Å². The van der Waals surface area contributed by atoms with Gasteiger partial charge in [-0.15, -0.1) is 0 Å². The van der Waals surface area contributed by atoms with E-state index in [2.05, 4.69) is 30.3 Å². The quantitative estimate of drug-likeness (QED) is 0.260. The smallest absolute Gasteiger partial charge is 0.237 e. The van der Waals surface area contributed by atoms with Gasteiger partial charge < -0.3 is 15.4 Å². The Bertz CT molecular complexity index is 1690. The van der Waals surface area contributed by atoms with Crippen LogP contribution in [0.2, 0.25) is 0 Å². The molecule has 5 rings (SSSR count). The van der Waals surface area contributed by atoms with Crippen LogP contribution in [-0.4, -0.2) is 42.5 Å². The van der Waals surface area contributed by atoms with Gasteiger partial charge in [0.2, 0.25) is 27.7 Å². The fraction of sp³-hybridized carbons (Fsp3) is 0.214. The van der Waals surface area contributed by atoms with Crippen LogP contribution >= 0.6 is 0 Å². The van der Waals surface area contributed by atoms with Crippen molar-refractivity contribution in [2.75, 3.05) is 23.1 Å². The molecule has 0 bridgehead atoms. The van der Waals surface area contributed by atoms with Crippen LogP contribution in [-0.2, 0) is 15.8 Å². The number of halogens is 2. The Kier molecular flexibility index (Phi) is 8.32. The van der Waals surface area contributed by atoms with E-state index in [1.165, 1.54) is 30.5 Å². The van der Waals surface area contributed by atoms with Gasteiger partial charge in [0.15, 0.2) is 11.6 Å². The van der Waals surface area contributed by atoms with Crippen LogP contribution in [0.25, 0.3) is 11.3 Å². The molecule has 1 fully saturated rings. The number of sulfonamides is 1. The molecule has 0 spiro atoms. The molecule has 1 saturated heterocycles. The van der Waals surface area contributed by atoms with Crippen molar-refractivity contribution >= 4 is 21.7 Å². The molecule has 4 aromatic rings. The molecule has 3 heterocycles. The first-order chi connectivity index (χ1) is 19.8. The number of anilines is 2. The third-order valence-electron chi connectivity index (χ3n) is 6.29. The standard InChI is InChI=1S/C28H25F2N7O3S/c29-25-23(37-41(38,39)17-19-7-5-18(15-31)6-8-19)9-10-24(26(25)30)40-27-21(4-2-13-33-27)22-11-14-34-28(36-22)35-20-3-1-12-32-16-20/h2,4-11,13-14,20,32,37H,1,3,12,16-17H2,(H,34,35,36)/t20-/m0/s1. The highest BCUT2D eigenvalue weighted by Gasteiger charge is 2.22. The maximum Gasteiger partial charge on any atom is 0.237 e. The summed E-state index contributed by atoms with van der Waals surface area (Å²) in [6.45, 7) is 1.76. The van der Waals surface area contributed by atoms with Gasteiger partial charge in [-0.25, -0.2) is 27.8 Å². The van der Waals surface area contributed by atoms with E-state index >= 15 is 4.39 Å². The molecule has 2 aromatic heterocycles. The van der Waals surface area contributed by atoms with E-state index in [-0.39, 0.29) is 11.9 Å². The van der Waals surface area contributed by atoms with Gasteiger partial charge in [0.05, 0.1) is 34.3 Å². The molecule has 0 amide bonds. The van der Waals surface area contributed by atoms with Crippen LogP contribution in [0.15, 0.2) is 67.0 Å². The van der Waals surface area contributed by atoms with Gasteiger partial charge in [0.25, 0.3) is 0 Å². The van der Waals surface area contributed by atoms with Crippen LogP contribution in [0, 0.1) is 23.0 Å². The molecule has 1 atom stereocenters. The second-order valence-electron chi connectivity index (χ2n) is 9.32. The minimum absolute atomic E-state index is 0.0241. The number of benzene rings is 2. The van der Waals surface area contributed by atoms with Crippen molar-refractivity contribution in [2.45, 2.75) is 24.6 Å². The molecule has 10 nitrogen and oxygen atoms in total. The van der Waals surface area contributed by atoms with E-state index in [1.807, 2.05) is 6.07 Å². The zero-order valence-corrected chi connectivity index (χ0v) is 22.5. The van der Waals surface area contributed by atoms with Crippen molar-refractivity contribution in [1.82, 2.24) is 20.3 Å². The second kappa shape index (κ2) is 12.2. The minimum Gasteiger partial charge on any atom is -0.435 e. The summed E-state index contributed by atoms with van der Waals surface area (Å²) in [5.41, 5.74) is 1.05. The van der Waals surface area contributed by atoms with Crippen molar-refractivity contribution in [3.05, 3.63) is 89.8 Å². The number of nitrogens with zero attached hydrogens (tertiary/aromatic N) is 4. The number of pyridine rings is 1. The number of nitrogens with one attached hydrogen (secondary N) is 3. The Hall–Kier alpha value is -4.67. The number of hydrogen-bond acceptors (Lipinski definition) is 9.